The van der Waals surface area contributed by atoms with Crippen molar-refractivity contribution in [2.24, 2.45) is 0 Å². The number of phenols is 3. The molecule has 1 aromatic carbocycles. The van der Waals surface area contributed by atoms with Crippen LogP contribution in [0.15, 0.2) is 12.1 Å². The zero-order valence-corrected chi connectivity index (χ0v) is 17.2. The van der Waals surface area contributed by atoms with Gasteiger partial charge in [-0.15, -0.1) is 0 Å². The molecule has 1 aromatic rings. The molecule has 5 heteroatoms. The summed E-state index contributed by atoms with van der Waals surface area (Å²) in [5.41, 5.74) is 0.856. The molecule has 4 N–H and O–H groups in total. The molecule has 0 amide bonds. The van der Waals surface area contributed by atoms with Crippen LogP contribution in [0.2, 0.25) is 0 Å². The van der Waals surface area contributed by atoms with Gasteiger partial charge in [-0.1, -0.05) is 77.0 Å². The Balaban J connectivity index is 1.84. The molecule has 0 aromatic heterocycles. The molecule has 0 fully saturated rings. The lowest BCUT2D eigenvalue weighted by atomic mass is 10.0. The summed E-state index contributed by atoms with van der Waals surface area (Å²) in [6.07, 6.45) is 17.8. The van der Waals surface area contributed by atoms with Crippen molar-refractivity contribution in [2.45, 2.75) is 103 Å². The molecule has 0 aliphatic carbocycles. The molecular formula is C23H38O5. The molecule has 0 saturated carbocycles. The molecule has 0 radical (unpaired) electrons. The zero-order chi connectivity index (χ0) is 20.6. The van der Waals surface area contributed by atoms with Crippen molar-refractivity contribution < 1.29 is 25.2 Å². The number of aromatic hydroxyl groups is 3. The highest BCUT2D eigenvalue weighted by molar-refractivity contribution is 5.66. The second kappa shape index (κ2) is 15.1. The van der Waals surface area contributed by atoms with E-state index in [1.807, 2.05) is 0 Å². The third-order valence-corrected chi connectivity index (χ3v) is 5.24. The first-order valence-electron chi connectivity index (χ1n) is 11.0. The summed E-state index contributed by atoms with van der Waals surface area (Å²) >= 11 is 0. The Hall–Kier alpha value is -1.91. The van der Waals surface area contributed by atoms with Gasteiger partial charge in [0.15, 0.2) is 17.2 Å². The summed E-state index contributed by atoms with van der Waals surface area (Å²) in [4.78, 5) is 10.4. The number of carboxylic acid groups (broad SMARTS) is 1. The SMILES string of the molecule is O=C(O)CCCCCCCCCCCCCCCCc1cc(O)c(O)c(O)c1. The van der Waals surface area contributed by atoms with Crippen molar-refractivity contribution in [2.75, 3.05) is 0 Å². The maximum absolute atomic E-state index is 10.4. The van der Waals surface area contributed by atoms with Gasteiger partial charge in [0, 0.05) is 6.42 Å². The molecule has 160 valence electrons. The van der Waals surface area contributed by atoms with Crippen LogP contribution in [0.1, 0.15) is 102 Å². The van der Waals surface area contributed by atoms with E-state index in [1.165, 1.54) is 69.9 Å². The minimum Gasteiger partial charge on any atom is -0.504 e. The molecule has 5 nitrogen and oxygen atoms in total. The second-order valence-electron chi connectivity index (χ2n) is 7.83. The molecule has 28 heavy (non-hydrogen) atoms. The van der Waals surface area contributed by atoms with Gasteiger partial charge in [-0.25, -0.2) is 0 Å². The van der Waals surface area contributed by atoms with Gasteiger partial charge in [-0.05, 0) is 37.0 Å². The van der Waals surface area contributed by atoms with E-state index in [0.717, 1.165) is 44.1 Å². The Labute approximate surface area is 169 Å². The highest BCUT2D eigenvalue weighted by Crippen LogP contribution is 2.35. The first-order chi connectivity index (χ1) is 13.5. The third-order valence-electron chi connectivity index (χ3n) is 5.24. The Bertz CT molecular complexity index is 533. The Kier molecular flexibility index (Phi) is 13.0. The number of hydrogen-bond donors (Lipinski definition) is 4. The number of aliphatic carboxylic acids is 1. The average molecular weight is 395 g/mol. The quantitative estimate of drug-likeness (QED) is 0.184. The molecule has 0 aliphatic rings. The largest absolute Gasteiger partial charge is 0.504 e. The van der Waals surface area contributed by atoms with Crippen LogP contribution < -0.4 is 0 Å². The van der Waals surface area contributed by atoms with E-state index in [1.54, 1.807) is 0 Å². The highest BCUT2D eigenvalue weighted by atomic mass is 16.4. The number of rotatable bonds is 17. The first-order valence-corrected chi connectivity index (χ1v) is 11.0. The van der Waals surface area contributed by atoms with Crippen molar-refractivity contribution >= 4 is 5.97 Å². The van der Waals surface area contributed by atoms with E-state index in [0.29, 0.717) is 6.42 Å². The fourth-order valence-electron chi connectivity index (χ4n) is 3.53. The molecule has 0 aliphatic heterocycles. The van der Waals surface area contributed by atoms with Crippen LogP contribution in [0.3, 0.4) is 0 Å². The third kappa shape index (κ3) is 11.7. The van der Waals surface area contributed by atoms with Gasteiger partial charge in [-0.3, -0.25) is 4.79 Å². The summed E-state index contributed by atoms with van der Waals surface area (Å²) in [6.45, 7) is 0. The van der Waals surface area contributed by atoms with Crippen molar-refractivity contribution in [1.82, 2.24) is 0 Å². The molecule has 0 spiro atoms. The normalized spacial score (nSPS) is 11.0. The maximum atomic E-state index is 10.4. The Morgan fingerprint density at radius 3 is 1.36 bits per heavy atom. The van der Waals surface area contributed by atoms with Gasteiger partial charge >= 0.3 is 5.97 Å². The number of aryl methyl sites for hydroxylation is 1. The number of phenolic OH excluding ortho intramolecular Hbond substituents is 3. The topological polar surface area (TPSA) is 98.0 Å². The lowest BCUT2D eigenvalue weighted by molar-refractivity contribution is -0.137. The van der Waals surface area contributed by atoms with Crippen molar-refractivity contribution in [3.8, 4) is 17.2 Å². The summed E-state index contributed by atoms with van der Waals surface area (Å²) in [5.74, 6) is -1.64. The lowest BCUT2D eigenvalue weighted by Crippen LogP contribution is -1.93. The van der Waals surface area contributed by atoms with Crippen LogP contribution in [0, 0.1) is 0 Å². The number of carbonyl (C=O) groups is 1. The smallest absolute Gasteiger partial charge is 0.303 e. The van der Waals surface area contributed by atoms with E-state index < -0.39 is 11.7 Å². The van der Waals surface area contributed by atoms with Gasteiger partial charge in [0.25, 0.3) is 0 Å². The summed E-state index contributed by atoms with van der Waals surface area (Å²) in [6, 6.07) is 3.04. The Morgan fingerprint density at radius 1 is 0.607 bits per heavy atom. The van der Waals surface area contributed by atoms with Crippen LogP contribution in [0.4, 0.5) is 0 Å². The van der Waals surface area contributed by atoms with Gasteiger partial charge in [0.1, 0.15) is 0 Å². The van der Waals surface area contributed by atoms with Gasteiger partial charge in [0.05, 0.1) is 0 Å². The minimum atomic E-state index is -0.682. The van der Waals surface area contributed by atoms with Crippen molar-refractivity contribution in [1.29, 1.82) is 0 Å². The highest BCUT2D eigenvalue weighted by Gasteiger charge is 2.07. The number of carboxylic acids is 1. The van der Waals surface area contributed by atoms with Crippen molar-refractivity contribution in [3.63, 3.8) is 0 Å². The van der Waals surface area contributed by atoms with Crippen LogP contribution in [0.25, 0.3) is 0 Å². The molecule has 0 saturated heterocycles. The van der Waals surface area contributed by atoms with Crippen LogP contribution in [0.5, 0.6) is 17.2 Å². The molecule has 0 atom stereocenters. The van der Waals surface area contributed by atoms with Gasteiger partial charge in [-0.2, -0.15) is 0 Å². The fourth-order valence-corrected chi connectivity index (χ4v) is 3.53. The van der Waals surface area contributed by atoms with E-state index in [9.17, 15) is 20.1 Å². The maximum Gasteiger partial charge on any atom is 0.303 e. The van der Waals surface area contributed by atoms with Crippen molar-refractivity contribution in [3.05, 3.63) is 17.7 Å². The number of unbranched alkanes of at least 4 members (excludes halogenated alkanes) is 13. The van der Waals surface area contributed by atoms with Crippen LogP contribution in [-0.4, -0.2) is 26.4 Å². The number of hydrogen-bond acceptors (Lipinski definition) is 4. The summed E-state index contributed by atoms with van der Waals surface area (Å²) in [7, 11) is 0. The fraction of sp³-hybridized carbons (Fsp3) is 0.696. The molecule has 1 rings (SSSR count). The Morgan fingerprint density at radius 2 is 0.964 bits per heavy atom. The first kappa shape index (κ1) is 24.1. The summed E-state index contributed by atoms with van der Waals surface area (Å²) in [5, 5.41) is 36.9. The molecule has 0 bridgehead atoms. The molecule has 0 heterocycles. The monoisotopic (exact) mass is 394 g/mol. The zero-order valence-electron chi connectivity index (χ0n) is 17.2. The molecular weight excluding hydrogens is 356 g/mol. The van der Waals surface area contributed by atoms with Gasteiger partial charge in [0.2, 0.25) is 0 Å². The molecule has 0 unspecified atom stereocenters. The van der Waals surface area contributed by atoms with Crippen LogP contribution >= 0.6 is 0 Å². The van der Waals surface area contributed by atoms with E-state index in [4.69, 9.17) is 5.11 Å². The van der Waals surface area contributed by atoms with E-state index in [-0.39, 0.29) is 11.5 Å². The van der Waals surface area contributed by atoms with Gasteiger partial charge < -0.3 is 20.4 Å². The standard InChI is InChI=1S/C23H38O5/c24-20-17-19(18-21(25)23(20)28)15-13-11-9-7-5-3-1-2-4-6-8-10-12-14-16-22(26)27/h17-18,24-25,28H,1-16H2,(H,26,27). The number of benzene rings is 1. The van der Waals surface area contributed by atoms with Crippen LogP contribution in [-0.2, 0) is 11.2 Å². The predicted molar refractivity (Wildman–Crippen MR) is 112 cm³/mol. The second-order valence-corrected chi connectivity index (χ2v) is 7.83. The predicted octanol–water partition coefficient (Wildman–Crippen LogP) is 6.28. The minimum absolute atomic E-state index is 0.256. The van der Waals surface area contributed by atoms with E-state index >= 15 is 0 Å². The lowest BCUT2D eigenvalue weighted by Gasteiger charge is -2.06. The summed E-state index contributed by atoms with van der Waals surface area (Å²) < 4.78 is 0. The average Bonchev–Trinajstić information content (AvgIpc) is 2.65. The van der Waals surface area contributed by atoms with E-state index in [2.05, 4.69) is 0 Å².